The Morgan fingerprint density at radius 1 is 1.53 bits per heavy atom. The molecule has 5 nitrogen and oxygen atoms in total. The van der Waals surface area contributed by atoms with Crippen molar-refractivity contribution in [3.63, 3.8) is 0 Å². The summed E-state index contributed by atoms with van der Waals surface area (Å²) in [5, 5.41) is 24.1. The van der Waals surface area contributed by atoms with Gasteiger partial charge in [-0.05, 0) is 24.8 Å². The lowest BCUT2D eigenvalue weighted by molar-refractivity contribution is 0.148. The molecular weight excluding hydrogens is 249 g/mol. The zero-order chi connectivity index (χ0) is 13.8. The molecule has 1 aromatic carbocycles. The number of rotatable bonds is 6. The van der Waals surface area contributed by atoms with Crippen LogP contribution >= 0.6 is 0 Å². The first-order valence-corrected chi connectivity index (χ1v) is 6.27. The van der Waals surface area contributed by atoms with Crippen LogP contribution in [0.5, 0.6) is 0 Å². The van der Waals surface area contributed by atoms with Gasteiger partial charge >= 0.3 is 0 Å². The van der Waals surface area contributed by atoms with E-state index in [1.807, 2.05) is 0 Å². The zero-order valence-electron chi connectivity index (χ0n) is 10.5. The van der Waals surface area contributed by atoms with Gasteiger partial charge < -0.3 is 21.4 Å². The maximum Gasteiger partial charge on any atom is 0.173 e. The van der Waals surface area contributed by atoms with Crippen LogP contribution in [0.3, 0.4) is 0 Å². The monoisotopic (exact) mass is 267 g/mol. The first-order valence-electron chi connectivity index (χ1n) is 6.27. The molecule has 0 amide bonds. The van der Waals surface area contributed by atoms with E-state index in [2.05, 4.69) is 10.5 Å². The van der Waals surface area contributed by atoms with Crippen molar-refractivity contribution in [1.82, 2.24) is 5.32 Å². The summed E-state index contributed by atoms with van der Waals surface area (Å²) in [6.07, 6.45) is 1.77. The molecule has 0 aliphatic heterocycles. The number of nitrogens with one attached hydrogen (secondary N) is 1. The van der Waals surface area contributed by atoms with Gasteiger partial charge in [-0.1, -0.05) is 17.3 Å². The Bertz CT molecular complexity index is 475. The molecule has 0 aromatic heterocycles. The summed E-state index contributed by atoms with van der Waals surface area (Å²) in [5.41, 5.74) is 5.89. The molecule has 0 radical (unpaired) electrons. The minimum absolute atomic E-state index is 0.0736. The van der Waals surface area contributed by atoms with Gasteiger partial charge in [0.25, 0.3) is 0 Å². The van der Waals surface area contributed by atoms with Crippen molar-refractivity contribution < 1.29 is 14.7 Å². The van der Waals surface area contributed by atoms with Crippen molar-refractivity contribution in [1.29, 1.82) is 0 Å². The van der Waals surface area contributed by atoms with E-state index in [-0.39, 0.29) is 17.5 Å². The number of hydrogen-bond donors (Lipinski definition) is 4. The molecule has 0 bridgehead atoms. The lowest BCUT2D eigenvalue weighted by Crippen LogP contribution is -2.28. The van der Waals surface area contributed by atoms with Crippen molar-refractivity contribution in [3.8, 4) is 0 Å². The van der Waals surface area contributed by atoms with Gasteiger partial charge in [0.2, 0.25) is 0 Å². The Kier molecular flexibility index (Phi) is 4.34. The van der Waals surface area contributed by atoms with Crippen LogP contribution in [0.4, 0.5) is 4.39 Å². The molecule has 0 spiro atoms. The lowest BCUT2D eigenvalue weighted by Gasteiger charge is -2.12. The topological polar surface area (TPSA) is 90.9 Å². The molecule has 6 heteroatoms. The summed E-state index contributed by atoms with van der Waals surface area (Å²) in [5.74, 6) is -0.371. The van der Waals surface area contributed by atoms with E-state index in [1.54, 1.807) is 12.1 Å². The molecule has 1 aliphatic carbocycles. The highest BCUT2D eigenvalue weighted by atomic mass is 19.1. The predicted octanol–water partition coefficient (Wildman–Crippen LogP) is 0.781. The van der Waals surface area contributed by atoms with Crippen molar-refractivity contribution in [3.05, 3.63) is 35.1 Å². The van der Waals surface area contributed by atoms with E-state index in [9.17, 15) is 9.50 Å². The van der Waals surface area contributed by atoms with Crippen LogP contribution in [0, 0.1) is 11.7 Å². The first-order chi connectivity index (χ1) is 9.13. The van der Waals surface area contributed by atoms with Gasteiger partial charge in [-0.3, -0.25) is 0 Å². The number of aliphatic hydroxyl groups excluding tert-OH is 1. The molecule has 1 saturated carbocycles. The molecule has 0 heterocycles. The van der Waals surface area contributed by atoms with Crippen molar-refractivity contribution in [2.45, 2.75) is 25.5 Å². The van der Waals surface area contributed by atoms with Crippen molar-refractivity contribution in [2.75, 3.05) is 6.54 Å². The molecule has 5 N–H and O–H groups in total. The fraction of sp³-hybridized carbons (Fsp3) is 0.462. The second-order valence-electron chi connectivity index (χ2n) is 4.80. The molecule has 2 rings (SSSR count). The number of aliphatic hydroxyl groups is 1. The fourth-order valence-electron chi connectivity index (χ4n) is 1.97. The van der Waals surface area contributed by atoms with E-state index >= 15 is 0 Å². The maximum atomic E-state index is 14.0. The fourth-order valence-corrected chi connectivity index (χ4v) is 1.97. The Hall–Kier alpha value is -1.66. The van der Waals surface area contributed by atoms with Crippen LogP contribution < -0.4 is 11.1 Å². The molecule has 1 atom stereocenters. The highest BCUT2D eigenvalue weighted by molar-refractivity contribution is 5.97. The normalized spacial score (nSPS) is 17.5. The van der Waals surface area contributed by atoms with Crippen LogP contribution in [-0.2, 0) is 6.54 Å². The Morgan fingerprint density at radius 2 is 2.26 bits per heavy atom. The molecular formula is C13H18FN3O2. The second-order valence-corrected chi connectivity index (χ2v) is 4.80. The highest BCUT2D eigenvalue weighted by Crippen LogP contribution is 2.32. The first kappa shape index (κ1) is 13.8. The number of amidine groups is 1. The highest BCUT2D eigenvalue weighted by Gasteiger charge is 2.29. The third kappa shape index (κ3) is 3.42. The molecule has 19 heavy (non-hydrogen) atoms. The number of hydrogen-bond acceptors (Lipinski definition) is 4. The van der Waals surface area contributed by atoms with Crippen LogP contribution in [0.15, 0.2) is 23.4 Å². The summed E-state index contributed by atoms with van der Waals surface area (Å²) in [6.45, 7) is 0.736. The number of benzene rings is 1. The van der Waals surface area contributed by atoms with Crippen LogP contribution in [0.1, 0.15) is 24.0 Å². The van der Waals surface area contributed by atoms with Crippen LogP contribution in [-0.4, -0.2) is 28.8 Å². The molecule has 1 fully saturated rings. The summed E-state index contributed by atoms with van der Waals surface area (Å²) in [6, 6.07) is 4.72. The van der Waals surface area contributed by atoms with Gasteiger partial charge in [0.05, 0.1) is 11.7 Å². The van der Waals surface area contributed by atoms with Crippen molar-refractivity contribution >= 4 is 5.84 Å². The quantitative estimate of drug-likeness (QED) is 0.265. The molecule has 104 valence electrons. The summed E-state index contributed by atoms with van der Waals surface area (Å²) >= 11 is 0. The Balaban J connectivity index is 1.96. The molecule has 1 unspecified atom stereocenters. The Morgan fingerprint density at radius 3 is 2.89 bits per heavy atom. The lowest BCUT2D eigenvalue weighted by atomic mass is 10.1. The predicted molar refractivity (Wildman–Crippen MR) is 69.3 cm³/mol. The van der Waals surface area contributed by atoms with Crippen LogP contribution in [0.2, 0.25) is 0 Å². The van der Waals surface area contributed by atoms with Gasteiger partial charge in [0, 0.05) is 18.7 Å². The minimum Gasteiger partial charge on any atom is -0.409 e. The molecule has 1 aromatic rings. The van der Waals surface area contributed by atoms with Crippen molar-refractivity contribution in [2.24, 2.45) is 16.8 Å². The van der Waals surface area contributed by atoms with Gasteiger partial charge in [0.1, 0.15) is 5.82 Å². The second kappa shape index (κ2) is 5.99. The number of nitrogens with zero attached hydrogens (tertiary/aromatic N) is 1. The van der Waals surface area contributed by atoms with Gasteiger partial charge in [-0.15, -0.1) is 0 Å². The zero-order valence-corrected chi connectivity index (χ0v) is 10.5. The third-order valence-electron chi connectivity index (χ3n) is 3.30. The van der Waals surface area contributed by atoms with E-state index < -0.39 is 5.82 Å². The van der Waals surface area contributed by atoms with Gasteiger partial charge in [-0.25, -0.2) is 4.39 Å². The Labute approximate surface area is 110 Å². The average molecular weight is 267 g/mol. The van der Waals surface area contributed by atoms with Crippen LogP contribution in [0.25, 0.3) is 0 Å². The molecule has 0 saturated heterocycles. The molecule has 1 aliphatic rings. The summed E-state index contributed by atoms with van der Waals surface area (Å²) in [4.78, 5) is 0. The van der Waals surface area contributed by atoms with E-state index in [0.717, 1.165) is 12.8 Å². The SMILES string of the molecule is N/C(=N/O)c1cccc(CNCC(O)C2CC2)c1F. The summed E-state index contributed by atoms with van der Waals surface area (Å²) in [7, 11) is 0. The van der Waals surface area contributed by atoms with Gasteiger partial charge in [-0.2, -0.15) is 0 Å². The van der Waals surface area contributed by atoms with E-state index in [4.69, 9.17) is 10.9 Å². The largest absolute Gasteiger partial charge is 0.409 e. The smallest absolute Gasteiger partial charge is 0.173 e. The summed E-state index contributed by atoms with van der Waals surface area (Å²) < 4.78 is 14.0. The standard InChI is InChI=1S/C13H18FN3O2/c14-12-9(2-1-3-10(12)13(15)17-19)6-16-7-11(18)8-4-5-8/h1-3,8,11,16,18-19H,4-7H2,(H2,15,17). The average Bonchev–Trinajstić information content (AvgIpc) is 3.24. The number of halogens is 1. The number of nitrogens with two attached hydrogens (primary N) is 1. The van der Waals surface area contributed by atoms with E-state index in [0.29, 0.717) is 24.6 Å². The maximum absolute atomic E-state index is 14.0. The minimum atomic E-state index is -0.508. The third-order valence-corrected chi connectivity index (χ3v) is 3.30. The van der Waals surface area contributed by atoms with E-state index in [1.165, 1.54) is 6.07 Å². The van der Waals surface area contributed by atoms with Gasteiger partial charge in [0.15, 0.2) is 5.84 Å². The number of oxime groups is 1.